The second-order valence-corrected chi connectivity index (χ2v) is 10.5. The van der Waals surface area contributed by atoms with Gasteiger partial charge in [0.25, 0.3) is 0 Å². The van der Waals surface area contributed by atoms with Gasteiger partial charge in [0.15, 0.2) is 5.82 Å². The third-order valence-corrected chi connectivity index (χ3v) is 7.61. The molecule has 2 aromatic heterocycles. The van der Waals surface area contributed by atoms with Crippen LogP contribution in [0.25, 0.3) is 28.2 Å². The van der Waals surface area contributed by atoms with E-state index in [0.29, 0.717) is 11.6 Å². The van der Waals surface area contributed by atoms with E-state index in [1.54, 1.807) is 0 Å². The lowest BCUT2D eigenvalue weighted by molar-refractivity contribution is 0.340. The van der Waals surface area contributed by atoms with E-state index in [2.05, 4.69) is 84.9 Å². The number of nitrogens with one attached hydrogen (secondary N) is 1. The molecule has 3 heterocycles. The van der Waals surface area contributed by atoms with Gasteiger partial charge in [-0.15, -0.1) is 5.10 Å². The molecule has 0 spiro atoms. The van der Waals surface area contributed by atoms with Crippen molar-refractivity contribution in [3.05, 3.63) is 94.6 Å². The number of benzene rings is 3. The molecule has 37 heavy (non-hydrogen) atoms. The van der Waals surface area contributed by atoms with Gasteiger partial charge in [0.2, 0.25) is 0 Å². The van der Waals surface area contributed by atoms with E-state index in [9.17, 15) is 0 Å². The average Bonchev–Trinajstić information content (AvgIpc) is 3.34. The number of rotatable bonds is 6. The second-order valence-electron chi connectivity index (χ2n) is 9.15. The van der Waals surface area contributed by atoms with E-state index in [1.165, 1.54) is 11.1 Å². The molecule has 0 fully saturated rings. The molecule has 0 saturated heterocycles. The lowest BCUT2D eigenvalue weighted by Gasteiger charge is -2.12. The normalized spacial score (nSPS) is 12.9. The number of anilines is 1. The van der Waals surface area contributed by atoms with Crippen molar-refractivity contribution in [3.63, 3.8) is 0 Å². The molecule has 0 amide bonds. The maximum absolute atomic E-state index is 6.08. The Morgan fingerprint density at radius 1 is 0.973 bits per heavy atom. The third kappa shape index (κ3) is 4.47. The molecule has 0 bridgehead atoms. The zero-order chi connectivity index (χ0) is 25.4. The number of aromatic nitrogens is 3. The molecule has 1 N–H and O–H groups in total. The monoisotopic (exact) mass is 570 g/mol. The minimum absolute atomic E-state index is 0.639. The molecule has 0 unspecified atom stereocenters. The van der Waals surface area contributed by atoms with Crippen LogP contribution in [0.1, 0.15) is 31.0 Å². The van der Waals surface area contributed by atoms with Gasteiger partial charge in [0, 0.05) is 33.4 Å². The summed E-state index contributed by atoms with van der Waals surface area (Å²) in [5.74, 6) is 1.81. The highest BCUT2D eigenvalue weighted by atomic mass is 79.9. The fourth-order valence-electron chi connectivity index (χ4n) is 5.17. The van der Waals surface area contributed by atoms with Crippen LogP contribution in [0.3, 0.4) is 0 Å². The zero-order valence-electron chi connectivity index (χ0n) is 20.6. The highest BCUT2D eigenvalue weighted by Gasteiger charge is 2.29. The van der Waals surface area contributed by atoms with Crippen molar-refractivity contribution in [2.75, 3.05) is 11.9 Å². The van der Waals surface area contributed by atoms with Crippen molar-refractivity contribution < 1.29 is 4.74 Å². The fraction of sp³-hybridized carbons (Fsp3) is 0.200. The maximum Gasteiger partial charge on any atom is 0.162 e. The lowest BCUT2D eigenvalue weighted by Crippen LogP contribution is -2.15. The number of nitrogens with zero attached hydrogens (tertiary/aromatic N) is 3. The summed E-state index contributed by atoms with van der Waals surface area (Å²) < 4.78 is 11.1. The molecule has 7 heteroatoms. The van der Waals surface area contributed by atoms with Crippen LogP contribution in [0.4, 0.5) is 5.69 Å². The summed E-state index contributed by atoms with van der Waals surface area (Å²) in [5, 5.41) is 8.67. The number of aryl methyl sites for hydroxylation is 2. The largest absolute Gasteiger partial charge is 0.494 e. The Labute approximate surface area is 230 Å². The molecule has 186 valence electrons. The molecule has 0 aliphatic carbocycles. The fourth-order valence-corrected chi connectivity index (χ4v) is 5.74. The maximum atomic E-state index is 6.08. The Hall–Kier alpha value is -3.42. The molecule has 5 nitrogen and oxygen atoms in total. The minimum Gasteiger partial charge on any atom is -0.494 e. The standard InChI is InChI=1S/C30H27BrN4OS/c1-2-36-24-17-15-23(16-18-24)32-29(37)27-26(20-8-4-3-5-9-20)25-10-6-7-19-34-28(33-35(27)30(25)34)21-11-13-22(31)14-12-21/h3-5,8-9,11-18H,2,6-7,10,19H2,1H3,(H,32,37). The van der Waals surface area contributed by atoms with Crippen LogP contribution in [0, 0.1) is 0 Å². The summed E-state index contributed by atoms with van der Waals surface area (Å²) in [6, 6.07) is 26.9. The van der Waals surface area contributed by atoms with Crippen molar-refractivity contribution in [2.45, 2.75) is 32.7 Å². The first-order valence-electron chi connectivity index (χ1n) is 12.6. The highest BCUT2D eigenvalue weighted by Crippen LogP contribution is 2.38. The van der Waals surface area contributed by atoms with Crippen molar-refractivity contribution in [2.24, 2.45) is 0 Å². The van der Waals surface area contributed by atoms with Crippen molar-refractivity contribution in [1.82, 2.24) is 14.2 Å². The van der Waals surface area contributed by atoms with Gasteiger partial charge in [0.1, 0.15) is 22.1 Å². The van der Waals surface area contributed by atoms with E-state index < -0.39 is 0 Å². The van der Waals surface area contributed by atoms with Gasteiger partial charge in [-0.3, -0.25) is 0 Å². The highest BCUT2D eigenvalue weighted by molar-refractivity contribution is 9.10. The van der Waals surface area contributed by atoms with Crippen LogP contribution in [0.15, 0.2) is 83.3 Å². The summed E-state index contributed by atoms with van der Waals surface area (Å²) in [6.45, 7) is 3.55. The number of hydrogen-bond acceptors (Lipinski definition) is 3. The van der Waals surface area contributed by atoms with Gasteiger partial charge in [-0.2, -0.15) is 0 Å². The van der Waals surface area contributed by atoms with Gasteiger partial charge in [-0.25, -0.2) is 4.52 Å². The van der Waals surface area contributed by atoms with Gasteiger partial charge >= 0.3 is 0 Å². The summed E-state index contributed by atoms with van der Waals surface area (Å²) >= 11 is 9.65. The summed E-state index contributed by atoms with van der Waals surface area (Å²) in [5.41, 5.74) is 7.72. The molecule has 6 rings (SSSR count). The lowest BCUT2D eigenvalue weighted by atomic mass is 9.98. The Morgan fingerprint density at radius 2 is 1.73 bits per heavy atom. The number of halogens is 1. The van der Waals surface area contributed by atoms with Crippen LogP contribution in [0.5, 0.6) is 5.75 Å². The zero-order valence-corrected chi connectivity index (χ0v) is 23.0. The first-order valence-corrected chi connectivity index (χ1v) is 13.8. The molecular weight excluding hydrogens is 544 g/mol. The van der Waals surface area contributed by atoms with E-state index in [0.717, 1.165) is 70.0 Å². The molecular formula is C30H27BrN4OS. The Kier molecular flexibility index (Phi) is 6.57. The predicted molar refractivity (Wildman–Crippen MR) is 158 cm³/mol. The SMILES string of the molecule is CCOc1ccc(NC(=S)c2c(-c3ccccc3)c3c4n(c(-c5ccc(Br)cc5)nn24)CCCC3)cc1. The van der Waals surface area contributed by atoms with Gasteiger partial charge in [-0.05, 0) is 68.1 Å². The summed E-state index contributed by atoms with van der Waals surface area (Å²) in [6.07, 6.45) is 3.23. The summed E-state index contributed by atoms with van der Waals surface area (Å²) in [4.78, 5) is 0.650. The quantitative estimate of drug-likeness (QED) is 0.212. The first-order chi connectivity index (χ1) is 18.1. The Balaban J connectivity index is 1.53. The molecule has 1 aliphatic heterocycles. The number of hydrogen-bond donors (Lipinski definition) is 1. The number of thiocarbonyl (C=S) groups is 1. The molecule has 0 saturated carbocycles. The van der Waals surface area contributed by atoms with Crippen LogP contribution in [-0.4, -0.2) is 25.8 Å². The summed E-state index contributed by atoms with van der Waals surface area (Å²) in [7, 11) is 0. The molecule has 5 aromatic rings. The molecule has 0 radical (unpaired) electrons. The van der Waals surface area contributed by atoms with E-state index >= 15 is 0 Å². The van der Waals surface area contributed by atoms with Gasteiger partial charge in [0.05, 0.1) is 6.61 Å². The second kappa shape index (κ2) is 10.1. The van der Waals surface area contributed by atoms with Gasteiger partial charge < -0.3 is 14.6 Å². The topological polar surface area (TPSA) is 43.5 Å². The van der Waals surface area contributed by atoms with E-state index in [1.807, 2.05) is 31.2 Å². The first kappa shape index (κ1) is 23.9. The molecule has 1 aliphatic rings. The van der Waals surface area contributed by atoms with Crippen LogP contribution >= 0.6 is 28.1 Å². The average molecular weight is 572 g/mol. The predicted octanol–water partition coefficient (Wildman–Crippen LogP) is 7.75. The number of ether oxygens (including phenoxy) is 1. The van der Waals surface area contributed by atoms with E-state index in [-0.39, 0.29) is 0 Å². The molecule has 0 atom stereocenters. The van der Waals surface area contributed by atoms with Crippen molar-refractivity contribution >= 4 is 44.5 Å². The minimum atomic E-state index is 0.639. The Morgan fingerprint density at radius 3 is 2.46 bits per heavy atom. The van der Waals surface area contributed by atoms with Crippen LogP contribution < -0.4 is 10.1 Å². The van der Waals surface area contributed by atoms with Crippen LogP contribution in [-0.2, 0) is 13.0 Å². The Bertz CT molecular complexity index is 1570. The van der Waals surface area contributed by atoms with Crippen molar-refractivity contribution in [3.8, 4) is 28.3 Å². The van der Waals surface area contributed by atoms with Gasteiger partial charge in [-0.1, -0.05) is 70.6 Å². The molecule has 3 aromatic carbocycles. The van der Waals surface area contributed by atoms with Crippen molar-refractivity contribution in [1.29, 1.82) is 0 Å². The smallest absolute Gasteiger partial charge is 0.162 e. The van der Waals surface area contributed by atoms with E-state index in [4.69, 9.17) is 22.1 Å². The third-order valence-electron chi connectivity index (χ3n) is 6.79. The van der Waals surface area contributed by atoms with Crippen LogP contribution in [0.2, 0.25) is 0 Å².